The lowest BCUT2D eigenvalue weighted by Crippen LogP contribution is -2.37. The van der Waals surface area contributed by atoms with E-state index in [0.29, 0.717) is 24.7 Å². The van der Waals surface area contributed by atoms with E-state index in [-0.39, 0.29) is 19.2 Å². The average Bonchev–Trinajstić information content (AvgIpc) is 3.25. The van der Waals surface area contributed by atoms with Crippen molar-refractivity contribution in [2.75, 3.05) is 26.9 Å². The number of benzene rings is 2. The summed E-state index contributed by atoms with van der Waals surface area (Å²) < 4.78 is 45.0. The van der Waals surface area contributed by atoms with Crippen molar-refractivity contribution in [1.29, 1.82) is 0 Å². The van der Waals surface area contributed by atoms with Gasteiger partial charge in [-0.3, -0.25) is 4.79 Å². The molecule has 1 aliphatic heterocycles. The predicted molar refractivity (Wildman–Crippen MR) is 109 cm³/mol. The van der Waals surface area contributed by atoms with Crippen LogP contribution in [0.15, 0.2) is 49.1 Å². The third kappa shape index (κ3) is 5.16. The molecule has 2 aromatic carbocycles. The van der Waals surface area contributed by atoms with E-state index in [1.54, 1.807) is 24.3 Å². The lowest BCUT2D eigenvalue weighted by Gasteiger charge is -2.26. The summed E-state index contributed by atoms with van der Waals surface area (Å²) in [6.45, 7) is 4.94. The fourth-order valence-corrected chi connectivity index (χ4v) is 3.41. The summed E-state index contributed by atoms with van der Waals surface area (Å²) in [6, 6.07) is 8.65. The molecule has 3 rings (SSSR count). The fraction of sp³-hybridized carbons (Fsp3) is 0.348. The van der Waals surface area contributed by atoms with Gasteiger partial charge in [0.2, 0.25) is 0 Å². The van der Waals surface area contributed by atoms with Gasteiger partial charge in [0.25, 0.3) is 5.91 Å². The highest BCUT2D eigenvalue weighted by Gasteiger charge is 2.27. The molecule has 0 aliphatic carbocycles. The van der Waals surface area contributed by atoms with Crippen LogP contribution < -0.4 is 9.47 Å². The van der Waals surface area contributed by atoms with Crippen molar-refractivity contribution in [3.05, 3.63) is 71.8 Å². The van der Waals surface area contributed by atoms with Crippen molar-refractivity contribution in [1.82, 2.24) is 4.90 Å². The second kappa shape index (κ2) is 10.2. The molecule has 1 heterocycles. The second-order valence-corrected chi connectivity index (χ2v) is 7.00. The van der Waals surface area contributed by atoms with Crippen LogP contribution in [-0.2, 0) is 11.3 Å². The van der Waals surface area contributed by atoms with Gasteiger partial charge >= 0.3 is 0 Å². The van der Waals surface area contributed by atoms with Crippen LogP contribution >= 0.6 is 0 Å². The summed E-state index contributed by atoms with van der Waals surface area (Å²) in [5.41, 5.74) is 0.175. The molecule has 2 aromatic rings. The van der Waals surface area contributed by atoms with Gasteiger partial charge in [0.05, 0.1) is 13.2 Å². The molecule has 5 nitrogen and oxygen atoms in total. The zero-order chi connectivity index (χ0) is 21.5. The van der Waals surface area contributed by atoms with Crippen LogP contribution in [0.25, 0.3) is 0 Å². The van der Waals surface area contributed by atoms with Crippen LogP contribution in [0.1, 0.15) is 28.8 Å². The number of rotatable bonds is 9. The van der Waals surface area contributed by atoms with Crippen molar-refractivity contribution in [3.8, 4) is 11.5 Å². The number of nitrogens with zero attached hydrogens (tertiary/aromatic N) is 1. The Hall–Kier alpha value is -2.93. The molecule has 1 aliphatic rings. The van der Waals surface area contributed by atoms with Crippen molar-refractivity contribution in [3.63, 3.8) is 0 Å². The summed E-state index contributed by atoms with van der Waals surface area (Å²) >= 11 is 0. The largest absolute Gasteiger partial charge is 0.493 e. The van der Waals surface area contributed by atoms with Gasteiger partial charge in [-0.2, -0.15) is 0 Å². The Morgan fingerprint density at radius 3 is 2.67 bits per heavy atom. The Labute approximate surface area is 174 Å². The van der Waals surface area contributed by atoms with E-state index >= 15 is 0 Å². The minimum absolute atomic E-state index is 0.143. The fourth-order valence-electron chi connectivity index (χ4n) is 3.41. The molecule has 1 amide bonds. The van der Waals surface area contributed by atoms with E-state index in [1.165, 1.54) is 18.1 Å². The monoisotopic (exact) mass is 417 g/mol. The smallest absolute Gasteiger partial charge is 0.260 e. The number of methoxy groups -OCH3 is 1. The highest BCUT2D eigenvalue weighted by molar-refractivity contribution is 5.94. The number of amides is 1. The van der Waals surface area contributed by atoms with Crippen LogP contribution in [-0.4, -0.2) is 43.8 Å². The molecule has 0 bridgehead atoms. The quantitative estimate of drug-likeness (QED) is 0.569. The third-order valence-corrected chi connectivity index (χ3v) is 4.87. The molecule has 7 heteroatoms. The number of carbonyl (C=O) groups is 1. The highest BCUT2D eigenvalue weighted by Crippen LogP contribution is 2.29. The molecule has 1 saturated heterocycles. The Morgan fingerprint density at radius 2 is 2.03 bits per heavy atom. The molecule has 0 aromatic heterocycles. The van der Waals surface area contributed by atoms with E-state index in [2.05, 4.69) is 6.58 Å². The van der Waals surface area contributed by atoms with Gasteiger partial charge in [-0.05, 0) is 42.7 Å². The standard InChI is InChI=1S/C23H25F2NO4/c1-3-11-30-20-10-9-16(13-21(20)28-2)14-26(15-17-6-5-12-29-17)23(27)22-18(24)7-4-8-19(22)25/h3-4,7-10,13,17H,1,5-6,11-12,14-15H2,2H3. The van der Waals surface area contributed by atoms with E-state index in [1.807, 2.05) is 0 Å². The third-order valence-electron chi connectivity index (χ3n) is 4.87. The van der Waals surface area contributed by atoms with Gasteiger partial charge in [-0.25, -0.2) is 8.78 Å². The van der Waals surface area contributed by atoms with Crippen LogP contribution in [0.2, 0.25) is 0 Å². The van der Waals surface area contributed by atoms with Crippen LogP contribution in [0, 0.1) is 11.6 Å². The average molecular weight is 417 g/mol. The Balaban J connectivity index is 1.87. The first-order chi connectivity index (χ1) is 14.5. The first kappa shape index (κ1) is 21.8. The maximum Gasteiger partial charge on any atom is 0.260 e. The number of hydrogen-bond donors (Lipinski definition) is 0. The summed E-state index contributed by atoms with van der Waals surface area (Å²) in [7, 11) is 1.52. The van der Waals surface area contributed by atoms with E-state index in [9.17, 15) is 13.6 Å². The Morgan fingerprint density at radius 1 is 1.27 bits per heavy atom. The Bertz CT molecular complexity index is 877. The molecule has 0 N–H and O–H groups in total. The first-order valence-corrected chi connectivity index (χ1v) is 9.79. The molecule has 1 fully saturated rings. The first-order valence-electron chi connectivity index (χ1n) is 9.79. The van der Waals surface area contributed by atoms with E-state index in [4.69, 9.17) is 14.2 Å². The number of ether oxygens (including phenoxy) is 3. The van der Waals surface area contributed by atoms with E-state index < -0.39 is 23.1 Å². The minimum atomic E-state index is -0.886. The molecule has 0 saturated carbocycles. The van der Waals surface area contributed by atoms with Gasteiger partial charge in [0.1, 0.15) is 23.8 Å². The number of carbonyl (C=O) groups excluding carboxylic acids is 1. The summed E-state index contributed by atoms with van der Waals surface area (Å²) in [5.74, 6) is -1.45. The van der Waals surface area contributed by atoms with Crippen molar-refractivity contribution < 1.29 is 27.8 Å². The normalized spacial score (nSPS) is 15.6. The van der Waals surface area contributed by atoms with Crippen LogP contribution in [0.5, 0.6) is 11.5 Å². The van der Waals surface area contributed by atoms with Crippen molar-refractivity contribution in [2.24, 2.45) is 0 Å². The highest BCUT2D eigenvalue weighted by atomic mass is 19.1. The maximum atomic E-state index is 14.2. The minimum Gasteiger partial charge on any atom is -0.493 e. The summed E-state index contributed by atoms with van der Waals surface area (Å²) in [6.07, 6.45) is 3.14. The maximum absolute atomic E-state index is 14.2. The van der Waals surface area contributed by atoms with Gasteiger partial charge in [-0.15, -0.1) is 0 Å². The molecular weight excluding hydrogens is 392 g/mol. The van der Waals surface area contributed by atoms with Crippen LogP contribution in [0.3, 0.4) is 0 Å². The molecule has 1 atom stereocenters. The lowest BCUT2D eigenvalue weighted by molar-refractivity contribution is 0.0499. The molecule has 0 radical (unpaired) electrons. The van der Waals surface area contributed by atoms with Crippen molar-refractivity contribution in [2.45, 2.75) is 25.5 Å². The number of halogens is 2. The molecule has 1 unspecified atom stereocenters. The van der Waals surface area contributed by atoms with E-state index in [0.717, 1.165) is 30.5 Å². The molecule has 0 spiro atoms. The van der Waals surface area contributed by atoms with Crippen molar-refractivity contribution >= 4 is 5.91 Å². The topological polar surface area (TPSA) is 48.0 Å². The van der Waals surface area contributed by atoms with Gasteiger partial charge < -0.3 is 19.1 Å². The molecular formula is C23H25F2NO4. The summed E-state index contributed by atoms with van der Waals surface area (Å²) in [4.78, 5) is 14.5. The predicted octanol–water partition coefficient (Wildman–Crippen LogP) is 4.36. The van der Waals surface area contributed by atoms with Gasteiger partial charge in [0.15, 0.2) is 11.5 Å². The SMILES string of the molecule is C=CCOc1ccc(CN(CC2CCCO2)C(=O)c2c(F)cccc2F)cc1OC. The number of hydrogen-bond acceptors (Lipinski definition) is 4. The zero-order valence-electron chi connectivity index (χ0n) is 16.9. The van der Waals surface area contributed by atoms with Crippen LogP contribution in [0.4, 0.5) is 8.78 Å². The van der Waals surface area contributed by atoms with Gasteiger partial charge in [0, 0.05) is 19.7 Å². The summed E-state index contributed by atoms with van der Waals surface area (Å²) in [5, 5.41) is 0. The molecule has 30 heavy (non-hydrogen) atoms. The van der Waals surface area contributed by atoms with Gasteiger partial charge in [-0.1, -0.05) is 24.8 Å². The second-order valence-electron chi connectivity index (χ2n) is 7.00. The Kier molecular flexibility index (Phi) is 7.41. The zero-order valence-corrected chi connectivity index (χ0v) is 16.9. The molecule has 160 valence electrons. The lowest BCUT2D eigenvalue weighted by atomic mass is 10.1.